The van der Waals surface area contributed by atoms with Crippen molar-refractivity contribution >= 4 is 11.5 Å². The molecule has 0 spiro atoms. The van der Waals surface area contributed by atoms with Crippen LogP contribution in [0.5, 0.6) is 0 Å². The van der Waals surface area contributed by atoms with Crippen LogP contribution < -0.4 is 5.73 Å². The van der Waals surface area contributed by atoms with E-state index in [1.807, 2.05) is 0 Å². The van der Waals surface area contributed by atoms with Crippen LogP contribution in [0.4, 0.5) is 0 Å². The molecule has 0 amide bonds. The van der Waals surface area contributed by atoms with Gasteiger partial charge in [-0.15, -0.1) is 15.3 Å². The number of aryl methyl sites for hydroxylation is 1. The first kappa shape index (κ1) is 9.22. The first-order valence-corrected chi connectivity index (χ1v) is 4.97. The van der Waals surface area contributed by atoms with Crippen LogP contribution in [0.25, 0.3) is 10.8 Å². The van der Waals surface area contributed by atoms with Gasteiger partial charge in [0.2, 0.25) is 5.89 Å². The average Bonchev–Trinajstić information content (AvgIpc) is 2.85. The van der Waals surface area contributed by atoms with Crippen LogP contribution >= 0.6 is 11.5 Å². The molecule has 0 unspecified atom stereocenters. The van der Waals surface area contributed by atoms with E-state index >= 15 is 0 Å². The van der Waals surface area contributed by atoms with Gasteiger partial charge in [0.25, 0.3) is 5.89 Å². The van der Waals surface area contributed by atoms with Gasteiger partial charge in [-0.25, -0.2) is 0 Å². The van der Waals surface area contributed by atoms with Crippen LogP contribution in [0, 0.1) is 0 Å². The molecular formula is C7H9N5OS. The zero-order valence-electron chi connectivity index (χ0n) is 7.38. The molecule has 7 heteroatoms. The van der Waals surface area contributed by atoms with Crippen molar-refractivity contribution in [2.75, 3.05) is 6.54 Å². The summed E-state index contributed by atoms with van der Waals surface area (Å²) in [6.07, 6.45) is 3.17. The summed E-state index contributed by atoms with van der Waals surface area (Å²) in [5, 5.41) is 11.5. The molecule has 0 bridgehead atoms. The molecule has 14 heavy (non-hydrogen) atoms. The van der Waals surface area contributed by atoms with Gasteiger partial charge in [0, 0.05) is 6.42 Å². The minimum Gasteiger partial charge on any atom is -0.420 e. The number of aromatic nitrogens is 4. The van der Waals surface area contributed by atoms with Gasteiger partial charge in [-0.3, -0.25) is 0 Å². The van der Waals surface area contributed by atoms with Gasteiger partial charge in [0.1, 0.15) is 4.88 Å². The lowest BCUT2D eigenvalue weighted by molar-refractivity contribution is 0.500. The molecule has 2 aromatic heterocycles. The lowest BCUT2D eigenvalue weighted by Crippen LogP contribution is -2.00. The Balaban J connectivity index is 2.10. The maximum Gasteiger partial charge on any atom is 0.261 e. The highest BCUT2D eigenvalue weighted by Crippen LogP contribution is 2.19. The summed E-state index contributed by atoms with van der Waals surface area (Å²) in [5.41, 5.74) is 5.37. The van der Waals surface area contributed by atoms with E-state index in [1.54, 1.807) is 6.20 Å². The lowest BCUT2D eigenvalue weighted by atomic mass is 10.3. The van der Waals surface area contributed by atoms with E-state index in [-0.39, 0.29) is 0 Å². The Hall–Kier alpha value is -1.34. The number of hydrogen-bond acceptors (Lipinski definition) is 7. The molecule has 0 aliphatic heterocycles. The third-order valence-electron chi connectivity index (χ3n) is 1.63. The number of nitrogens with two attached hydrogens (primary N) is 1. The summed E-state index contributed by atoms with van der Waals surface area (Å²) >= 11 is 1.23. The molecule has 2 aromatic rings. The van der Waals surface area contributed by atoms with E-state index in [4.69, 9.17) is 10.2 Å². The second-order valence-electron chi connectivity index (χ2n) is 2.67. The summed E-state index contributed by atoms with van der Waals surface area (Å²) in [7, 11) is 0. The largest absolute Gasteiger partial charge is 0.420 e. The Morgan fingerprint density at radius 3 is 3.07 bits per heavy atom. The van der Waals surface area contributed by atoms with Crippen LogP contribution in [0.1, 0.15) is 12.3 Å². The van der Waals surface area contributed by atoms with Gasteiger partial charge in [-0.2, -0.15) is 0 Å². The minimum atomic E-state index is 0.479. The van der Waals surface area contributed by atoms with Gasteiger partial charge in [0.15, 0.2) is 0 Å². The topological polar surface area (TPSA) is 90.7 Å². The highest BCUT2D eigenvalue weighted by Gasteiger charge is 2.09. The van der Waals surface area contributed by atoms with E-state index in [1.165, 1.54) is 11.5 Å². The highest BCUT2D eigenvalue weighted by molar-refractivity contribution is 7.09. The van der Waals surface area contributed by atoms with E-state index in [0.717, 1.165) is 17.7 Å². The van der Waals surface area contributed by atoms with E-state index in [9.17, 15) is 0 Å². The summed E-state index contributed by atoms with van der Waals surface area (Å²) in [6, 6.07) is 0. The Kier molecular flexibility index (Phi) is 2.80. The fourth-order valence-corrected chi connectivity index (χ4v) is 1.41. The van der Waals surface area contributed by atoms with Gasteiger partial charge < -0.3 is 10.2 Å². The normalized spacial score (nSPS) is 10.6. The van der Waals surface area contributed by atoms with Crippen molar-refractivity contribution in [2.24, 2.45) is 5.73 Å². The molecule has 0 fully saturated rings. The summed E-state index contributed by atoms with van der Waals surface area (Å²) in [5.74, 6) is 1.09. The first-order valence-electron chi connectivity index (χ1n) is 4.20. The molecule has 2 N–H and O–H groups in total. The Labute approximate surface area is 84.3 Å². The van der Waals surface area contributed by atoms with E-state index < -0.39 is 0 Å². The SMILES string of the molecule is NCCCc1nnc(-c2cnns2)o1. The van der Waals surface area contributed by atoms with Crippen molar-refractivity contribution in [3.63, 3.8) is 0 Å². The molecule has 0 aliphatic carbocycles. The molecule has 0 aliphatic rings. The quantitative estimate of drug-likeness (QED) is 0.790. The minimum absolute atomic E-state index is 0.479. The number of rotatable bonds is 4. The van der Waals surface area contributed by atoms with Crippen molar-refractivity contribution in [1.82, 2.24) is 19.8 Å². The van der Waals surface area contributed by atoms with Crippen LogP contribution in [0.3, 0.4) is 0 Å². The third kappa shape index (κ3) is 1.94. The predicted molar refractivity (Wildman–Crippen MR) is 50.6 cm³/mol. The van der Waals surface area contributed by atoms with Gasteiger partial charge in [0.05, 0.1) is 6.20 Å². The molecule has 0 atom stereocenters. The summed E-state index contributed by atoms with van der Waals surface area (Å²) < 4.78 is 9.10. The zero-order chi connectivity index (χ0) is 9.80. The molecule has 0 saturated heterocycles. The van der Waals surface area contributed by atoms with E-state index in [2.05, 4.69) is 19.8 Å². The molecular weight excluding hydrogens is 202 g/mol. The van der Waals surface area contributed by atoms with Gasteiger partial charge in [-0.05, 0) is 24.5 Å². The molecule has 74 valence electrons. The number of hydrogen-bond donors (Lipinski definition) is 1. The third-order valence-corrected chi connectivity index (χ3v) is 2.29. The first-order chi connectivity index (χ1) is 6.90. The molecule has 6 nitrogen and oxygen atoms in total. The number of nitrogens with zero attached hydrogens (tertiary/aromatic N) is 4. The Bertz CT molecular complexity index is 384. The fraction of sp³-hybridized carbons (Fsp3) is 0.429. The van der Waals surface area contributed by atoms with E-state index in [0.29, 0.717) is 18.3 Å². The lowest BCUT2D eigenvalue weighted by Gasteiger charge is -1.89. The van der Waals surface area contributed by atoms with Crippen molar-refractivity contribution in [3.8, 4) is 10.8 Å². The average molecular weight is 211 g/mol. The Morgan fingerprint density at radius 2 is 2.36 bits per heavy atom. The molecule has 0 saturated carbocycles. The highest BCUT2D eigenvalue weighted by atomic mass is 32.1. The van der Waals surface area contributed by atoms with Gasteiger partial charge >= 0.3 is 0 Å². The van der Waals surface area contributed by atoms with Crippen LogP contribution in [-0.4, -0.2) is 26.3 Å². The Morgan fingerprint density at radius 1 is 1.43 bits per heavy atom. The van der Waals surface area contributed by atoms with Crippen LogP contribution in [-0.2, 0) is 6.42 Å². The molecule has 2 heterocycles. The monoisotopic (exact) mass is 211 g/mol. The molecule has 0 aromatic carbocycles. The van der Waals surface area contributed by atoms with Crippen LogP contribution in [0.15, 0.2) is 10.6 Å². The fourth-order valence-electron chi connectivity index (χ4n) is 0.969. The maximum absolute atomic E-state index is 5.38. The second-order valence-corrected chi connectivity index (χ2v) is 3.46. The standard InChI is InChI=1S/C7H9N5OS/c8-3-1-2-6-10-11-7(13-6)5-4-9-12-14-5/h4H,1-3,8H2. The zero-order valence-corrected chi connectivity index (χ0v) is 8.20. The van der Waals surface area contributed by atoms with Crippen molar-refractivity contribution < 1.29 is 4.42 Å². The van der Waals surface area contributed by atoms with Crippen molar-refractivity contribution in [3.05, 3.63) is 12.1 Å². The smallest absolute Gasteiger partial charge is 0.261 e. The summed E-state index contributed by atoms with van der Waals surface area (Å²) in [4.78, 5) is 0.788. The van der Waals surface area contributed by atoms with Gasteiger partial charge in [-0.1, -0.05) is 4.49 Å². The van der Waals surface area contributed by atoms with Crippen molar-refractivity contribution in [2.45, 2.75) is 12.8 Å². The second kappa shape index (κ2) is 4.25. The summed E-state index contributed by atoms with van der Waals surface area (Å²) in [6.45, 7) is 0.625. The molecule has 2 rings (SSSR count). The predicted octanol–water partition coefficient (Wildman–Crippen LogP) is 0.479. The van der Waals surface area contributed by atoms with Crippen molar-refractivity contribution in [1.29, 1.82) is 0 Å². The molecule has 0 radical (unpaired) electrons. The maximum atomic E-state index is 5.38. The van der Waals surface area contributed by atoms with Crippen LogP contribution in [0.2, 0.25) is 0 Å².